The van der Waals surface area contributed by atoms with Gasteiger partial charge in [0.25, 0.3) is 0 Å². The predicted molar refractivity (Wildman–Crippen MR) is 99.2 cm³/mol. The maximum Gasteiger partial charge on any atom is 0.305 e. The highest BCUT2D eigenvalue weighted by Gasteiger charge is 1.99. The van der Waals surface area contributed by atoms with Gasteiger partial charge in [-0.3, -0.25) is 9.79 Å². The van der Waals surface area contributed by atoms with Gasteiger partial charge < -0.3 is 15.8 Å². The minimum Gasteiger partial charge on any atom is -0.469 e. The summed E-state index contributed by atoms with van der Waals surface area (Å²) in [6.45, 7) is 3.78. The molecule has 0 aliphatic rings. The molecule has 0 fully saturated rings. The molecule has 0 amide bonds. The van der Waals surface area contributed by atoms with E-state index in [9.17, 15) is 4.79 Å². The van der Waals surface area contributed by atoms with Crippen molar-refractivity contribution >= 4 is 35.9 Å². The van der Waals surface area contributed by atoms with E-state index in [4.69, 9.17) is 5.73 Å². The SMILES string of the molecule is CCCCCCCCN=C(N)NCCCCC(=O)OC.I. The number of carbonyl (C=O) groups excluding carboxylic acids is 1. The Balaban J connectivity index is 0. The lowest BCUT2D eigenvalue weighted by molar-refractivity contribution is -0.140. The zero-order valence-corrected chi connectivity index (χ0v) is 15.9. The molecule has 0 aliphatic heterocycles. The van der Waals surface area contributed by atoms with E-state index in [2.05, 4.69) is 22.0 Å². The van der Waals surface area contributed by atoms with E-state index < -0.39 is 0 Å². The number of nitrogens with two attached hydrogens (primary N) is 1. The van der Waals surface area contributed by atoms with Gasteiger partial charge in [0.1, 0.15) is 0 Å². The lowest BCUT2D eigenvalue weighted by Gasteiger charge is -2.05. The van der Waals surface area contributed by atoms with E-state index in [1.807, 2.05) is 0 Å². The Morgan fingerprint density at radius 2 is 1.76 bits per heavy atom. The van der Waals surface area contributed by atoms with E-state index in [0.29, 0.717) is 12.4 Å². The first-order chi connectivity index (χ1) is 9.70. The first kappa shape index (κ1) is 22.7. The smallest absolute Gasteiger partial charge is 0.305 e. The zero-order chi connectivity index (χ0) is 15.1. The number of esters is 1. The summed E-state index contributed by atoms with van der Waals surface area (Å²) in [6.07, 6.45) is 9.74. The highest BCUT2D eigenvalue weighted by molar-refractivity contribution is 14.0. The Labute approximate surface area is 146 Å². The van der Waals surface area contributed by atoms with Crippen LogP contribution in [0.25, 0.3) is 0 Å². The van der Waals surface area contributed by atoms with Crippen molar-refractivity contribution in [2.24, 2.45) is 10.7 Å². The maximum atomic E-state index is 10.9. The Morgan fingerprint density at radius 3 is 2.43 bits per heavy atom. The maximum absolute atomic E-state index is 10.9. The number of ether oxygens (including phenoxy) is 1. The first-order valence-electron chi connectivity index (χ1n) is 7.81. The van der Waals surface area contributed by atoms with Crippen LogP contribution in [0.2, 0.25) is 0 Å². The normalized spacial score (nSPS) is 10.9. The van der Waals surface area contributed by atoms with Crippen LogP contribution in [0, 0.1) is 0 Å². The van der Waals surface area contributed by atoms with Crippen molar-refractivity contribution in [1.29, 1.82) is 0 Å². The molecule has 0 aromatic rings. The van der Waals surface area contributed by atoms with Crippen molar-refractivity contribution in [3.63, 3.8) is 0 Å². The quantitative estimate of drug-likeness (QED) is 0.169. The summed E-state index contributed by atoms with van der Waals surface area (Å²) in [5.74, 6) is 0.353. The molecule has 0 heterocycles. The van der Waals surface area contributed by atoms with Crippen molar-refractivity contribution in [3.05, 3.63) is 0 Å². The summed E-state index contributed by atoms with van der Waals surface area (Å²) in [5, 5.41) is 3.06. The number of unbranched alkanes of at least 4 members (excludes halogenated alkanes) is 6. The number of nitrogens with one attached hydrogen (secondary N) is 1. The van der Waals surface area contributed by atoms with E-state index in [0.717, 1.165) is 32.4 Å². The second-order valence-corrected chi connectivity index (χ2v) is 4.99. The number of rotatable bonds is 12. The zero-order valence-electron chi connectivity index (χ0n) is 13.5. The van der Waals surface area contributed by atoms with E-state index in [1.54, 1.807) is 0 Å². The van der Waals surface area contributed by atoms with Gasteiger partial charge in [-0.2, -0.15) is 0 Å². The Hall–Kier alpha value is -0.530. The highest BCUT2D eigenvalue weighted by atomic mass is 127. The lowest BCUT2D eigenvalue weighted by atomic mass is 10.1. The molecular weight excluding hydrogens is 381 g/mol. The number of aliphatic imine (C=N–C) groups is 1. The average molecular weight is 413 g/mol. The molecule has 6 heteroatoms. The summed E-state index contributed by atoms with van der Waals surface area (Å²) < 4.78 is 4.57. The molecule has 0 radical (unpaired) electrons. The van der Waals surface area contributed by atoms with Gasteiger partial charge in [-0.05, 0) is 19.3 Å². The van der Waals surface area contributed by atoms with Crippen molar-refractivity contribution in [3.8, 4) is 0 Å². The average Bonchev–Trinajstić information content (AvgIpc) is 2.45. The van der Waals surface area contributed by atoms with Gasteiger partial charge in [0.05, 0.1) is 7.11 Å². The van der Waals surface area contributed by atoms with Crippen LogP contribution in [0.3, 0.4) is 0 Å². The third kappa shape index (κ3) is 17.4. The van der Waals surface area contributed by atoms with Gasteiger partial charge in [-0.25, -0.2) is 0 Å². The van der Waals surface area contributed by atoms with Crippen molar-refractivity contribution in [1.82, 2.24) is 5.32 Å². The van der Waals surface area contributed by atoms with Crippen LogP contribution in [0.1, 0.15) is 64.7 Å². The number of hydrogen-bond acceptors (Lipinski definition) is 3. The third-order valence-electron chi connectivity index (χ3n) is 3.14. The predicted octanol–water partition coefficient (Wildman–Crippen LogP) is 3.21. The fourth-order valence-electron chi connectivity index (χ4n) is 1.86. The second kappa shape index (κ2) is 17.5. The molecular formula is C15H32IN3O2. The van der Waals surface area contributed by atoms with Crippen LogP contribution < -0.4 is 11.1 Å². The summed E-state index contributed by atoms with van der Waals surface area (Å²) in [4.78, 5) is 15.2. The van der Waals surface area contributed by atoms with Crippen LogP contribution in [-0.4, -0.2) is 32.1 Å². The fourth-order valence-corrected chi connectivity index (χ4v) is 1.86. The molecule has 126 valence electrons. The molecule has 0 saturated carbocycles. The number of halogens is 1. The van der Waals surface area contributed by atoms with Gasteiger partial charge in [0, 0.05) is 19.5 Å². The molecule has 0 atom stereocenters. The van der Waals surface area contributed by atoms with Crippen LogP contribution in [0.15, 0.2) is 4.99 Å². The summed E-state index contributed by atoms with van der Waals surface area (Å²) in [7, 11) is 1.41. The van der Waals surface area contributed by atoms with E-state index in [-0.39, 0.29) is 29.9 Å². The molecule has 0 aromatic heterocycles. The molecule has 0 aliphatic carbocycles. The van der Waals surface area contributed by atoms with Gasteiger partial charge in [-0.1, -0.05) is 39.0 Å². The summed E-state index contributed by atoms with van der Waals surface area (Å²) in [6, 6.07) is 0. The summed E-state index contributed by atoms with van der Waals surface area (Å²) >= 11 is 0. The molecule has 21 heavy (non-hydrogen) atoms. The van der Waals surface area contributed by atoms with E-state index >= 15 is 0 Å². The van der Waals surface area contributed by atoms with Crippen molar-refractivity contribution in [2.45, 2.75) is 64.7 Å². The topological polar surface area (TPSA) is 76.7 Å². The molecule has 0 aromatic carbocycles. The van der Waals surface area contributed by atoms with E-state index in [1.165, 1.54) is 39.2 Å². The first-order valence-corrected chi connectivity index (χ1v) is 7.81. The molecule has 0 bridgehead atoms. The monoisotopic (exact) mass is 413 g/mol. The number of nitrogens with zero attached hydrogens (tertiary/aromatic N) is 1. The molecule has 0 unspecified atom stereocenters. The largest absolute Gasteiger partial charge is 0.469 e. The Morgan fingerprint density at radius 1 is 1.10 bits per heavy atom. The highest BCUT2D eigenvalue weighted by Crippen LogP contribution is 2.04. The van der Waals surface area contributed by atoms with Crippen LogP contribution in [0.5, 0.6) is 0 Å². The summed E-state index contributed by atoms with van der Waals surface area (Å²) in [5.41, 5.74) is 5.75. The number of carbonyl (C=O) groups is 1. The molecule has 3 N–H and O–H groups in total. The van der Waals surface area contributed by atoms with Gasteiger partial charge >= 0.3 is 5.97 Å². The minimum absolute atomic E-state index is 0. The van der Waals surface area contributed by atoms with Crippen LogP contribution >= 0.6 is 24.0 Å². The molecule has 5 nitrogen and oxygen atoms in total. The second-order valence-electron chi connectivity index (χ2n) is 4.99. The van der Waals surface area contributed by atoms with Gasteiger partial charge in [0.2, 0.25) is 0 Å². The Bertz CT molecular complexity index is 274. The number of methoxy groups -OCH3 is 1. The van der Waals surface area contributed by atoms with Crippen molar-refractivity contribution < 1.29 is 9.53 Å². The lowest BCUT2D eigenvalue weighted by Crippen LogP contribution is -2.32. The number of guanidine groups is 1. The van der Waals surface area contributed by atoms with Gasteiger partial charge in [0.15, 0.2) is 5.96 Å². The molecule has 0 spiro atoms. The molecule has 0 rings (SSSR count). The fraction of sp³-hybridized carbons (Fsp3) is 0.867. The molecule has 0 saturated heterocycles. The Kier molecular flexibility index (Phi) is 19.0. The van der Waals surface area contributed by atoms with Gasteiger partial charge in [-0.15, -0.1) is 24.0 Å². The van der Waals surface area contributed by atoms with Crippen LogP contribution in [-0.2, 0) is 9.53 Å². The van der Waals surface area contributed by atoms with Crippen LogP contribution in [0.4, 0.5) is 0 Å². The third-order valence-corrected chi connectivity index (χ3v) is 3.14. The number of hydrogen-bond donors (Lipinski definition) is 2. The minimum atomic E-state index is -0.158. The van der Waals surface area contributed by atoms with Crippen molar-refractivity contribution in [2.75, 3.05) is 20.2 Å². The standard InChI is InChI=1S/C15H31N3O2.HI/c1-3-4-5-6-7-9-12-17-15(16)18-13-10-8-11-14(19)20-2;/h3-13H2,1-2H3,(H3,16,17,18);1H.